The van der Waals surface area contributed by atoms with Crippen LogP contribution in [-0.2, 0) is 14.3 Å². The van der Waals surface area contributed by atoms with Gasteiger partial charge in [-0.1, -0.05) is 19.8 Å². The number of carbonyl (C=O) groups is 2. The van der Waals surface area contributed by atoms with Gasteiger partial charge in [0.1, 0.15) is 6.04 Å². The van der Waals surface area contributed by atoms with Crippen molar-refractivity contribution in [3.8, 4) is 0 Å². The molecule has 0 aromatic rings. The highest BCUT2D eigenvalue weighted by Gasteiger charge is 2.56. The number of carbonyl (C=O) groups excluding carboxylic acids is 2. The summed E-state index contributed by atoms with van der Waals surface area (Å²) >= 11 is 0. The molecule has 4 heteroatoms. The number of hydrogen-bond donors (Lipinski definition) is 1. The van der Waals surface area contributed by atoms with Gasteiger partial charge in [0.05, 0.1) is 6.61 Å². The summed E-state index contributed by atoms with van der Waals surface area (Å²) in [4.78, 5) is 23.6. The lowest BCUT2D eigenvalue weighted by Crippen LogP contribution is -2.46. The molecule has 2 fully saturated rings. The van der Waals surface area contributed by atoms with Crippen LogP contribution in [-0.4, -0.2) is 24.5 Å². The third-order valence-electron chi connectivity index (χ3n) is 4.39. The zero-order valence-electron chi connectivity index (χ0n) is 10.6. The van der Waals surface area contributed by atoms with Crippen LogP contribution in [0.1, 0.15) is 46.0 Å². The van der Waals surface area contributed by atoms with Crippen molar-refractivity contribution in [3.05, 3.63) is 0 Å². The van der Waals surface area contributed by atoms with E-state index in [0.29, 0.717) is 18.9 Å². The van der Waals surface area contributed by atoms with Crippen molar-refractivity contribution < 1.29 is 14.3 Å². The molecular weight excluding hydrogens is 218 g/mol. The molecule has 0 aromatic carbocycles. The van der Waals surface area contributed by atoms with E-state index in [-0.39, 0.29) is 17.3 Å². The molecule has 0 aromatic heterocycles. The minimum absolute atomic E-state index is 0.00315. The summed E-state index contributed by atoms with van der Waals surface area (Å²) in [6.07, 6.45) is 4.73. The van der Waals surface area contributed by atoms with Crippen molar-refractivity contribution in [2.24, 2.45) is 11.3 Å². The molecule has 1 aliphatic heterocycles. The molecule has 3 atom stereocenters. The number of ether oxygens (including phenoxy) is 1. The average Bonchev–Trinajstić information content (AvgIpc) is 2.84. The molecule has 2 rings (SSSR count). The lowest BCUT2D eigenvalue weighted by molar-refractivity contribution is -0.149. The van der Waals surface area contributed by atoms with Crippen LogP contribution >= 0.6 is 0 Å². The topological polar surface area (TPSA) is 55.4 Å². The Morgan fingerprint density at radius 1 is 1.53 bits per heavy atom. The summed E-state index contributed by atoms with van der Waals surface area (Å²) in [5.41, 5.74) is -0.169. The number of nitrogens with one attached hydrogen (secondary N) is 1. The summed E-state index contributed by atoms with van der Waals surface area (Å²) in [5, 5.41) is 2.82. The van der Waals surface area contributed by atoms with E-state index in [1.54, 1.807) is 6.92 Å². The molecule has 0 radical (unpaired) electrons. The van der Waals surface area contributed by atoms with Crippen molar-refractivity contribution in [3.63, 3.8) is 0 Å². The lowest BCUT2D eigenvalue weighted by Gasteiger charge is -2.34. The fraction of sp³-hybridized carbons (Fsp3) is 0.846. The van der Waals surface area contributed by atoms with Gasteiger partial charge in [0.25, 0.3) is 0 Å². The van der Waals surface area contributed by atoms with Gasteiger partial charge < -0.3 is 10.1 Å². The maximum absolute atomic E-state index is 12.0. The number of amides is 1. The van der Waals surface area contributed by atoms with Crippen LogP contribution < -0.4 is 5.32 Å². The highest BCUT2D eigenvalue weighted by molar-refractivity contribution is 5.90. The van der Waals surface area contributed by atoms with Crippen LogP contribution in [0.2, 0.25) is 0 Å². The normalized spacial score (nSPS) is 36.2. The molecule has 2 aliphatic rings. The van der Waals surface area contributed by atoms with E-state index in [1.807, 2.05) is 0 Å². The molecule has 4 nitrogen and oxygen atoms in total. The Bertz CT molecular complexity index is 329. The summed E-state index contributed by atoms with van der Waals surface area (Å²) < 4.78 is 5.10. The summed E-state index contributed by atoms with van der Waals surface area (Å²) in [7, 11) is 0. The average molecular weight is 239 g/mol. The molecule has 1 saturated heterocycles. The SMILES string of the molecule is CCOC(=O)C1NC(=O)CC12CCCC2CC. The minimum atomic E-state index is -0.414. The van der Waals surface area contributed by atoms with Crippen LogP contribution in [0.15, 0.2) is 0 Å². The molecule has 1 N–H and O–H groups in total. The second-order valence-electron chi connectivity index (χ2n) is 5.16. The van der Waals surface area contributed by atoms with Crippen molar-refractivity contribution in [2.45, 2.75) is 52.0 Å². The van der Waals surface area contributed by atoms with Gasteiger partial charge in [-0.2, -0.15) is 0 Å². The van der Waals surface area contributed by atoms with Gasteiger partial charge in [-0.05, 0) is 25.7 Å². The van der Waals surface area contributed by atoms with E-state index < -0.39 is 6.04 Å². The molecule has 1 aliphatic carbocycles. The van der Waals surface area contributed by atoms with Crippen molar-refractivity contribution in [2.75, 3.05) is 6.61 Å². The molecule has 3 unspecified atom stereocenters. The fourth-order valence-electron chi connectivity index (χ4n) is 3.67. The maximum Gasteiger partial charge on any atom is 0.329 e. The van der Waals surface area contributed by atoms with E-state index in [1.165, 1.54) is 0 Å². The van der Waals surface area contributed by atoms with Gasteiger partial charge in [-0.3, -0.25) is 4.79 Å². The van der Waals surface area contributed by atoms with Crippen LogP contribution in [0.3, 0.4) is 0 Å². The monoisotopic (exact) mass is 239 g/mol. The predicted octanol–water partition coefficient (Wildman–Crippen LogP) is 1.63. The minimum Gasteiger partial charge on any atom is -0.464 e. The van der Waals surface area contributed by atoms with Crippen LogP contribution in [0.5, 0.6) is 0 Å². The Morgan fingerprint density at radius 3 is 2.94 bits per heavy atom. The molecule has 1 saturated carbocycles. The first kappa shape index (κ1) is 12.4. The van der Waals surface area contributed by atoms with Crippen molar-refractivity contribution in [1.82, 2.24) is 5.32 Å². The lowest BCUT2D eigenvalue weighted by atomic mass is 9.71. The second-order valence-corrected chi connectivity index (χ2v) is 5.16. The quantitative estimate of drug-likeness (QED) is 0.762. The highest BCUT2D eigenvalue weighted by Crippen LogP contribution is 2.52. The Hall–Kier alpha value is -1.06. The molecule has 1 amide bonds. The fourth-order valence-corrected chi connectivity index (χ4v) is 3.67. The Labute approximate surface area is 102 Å². The number of hydrogen-bond acceptors (Lipinski definition) is 3. The Balaban J connectivity index is 2.24. The summed E-state index contributed by atoms with van der Waals surface area (Å²) in [6, 6.07) is -0.414. The Morgan fingerprint density at radius 2 is 2.29 bits per heavy atom. The third kappa shape index (κ3) is 1.94. The smallest absolute Gasteiger partial charge is 0.329 e. The zero-order valence-corrected chi connectivity index (χ0v) is 10.6. The Kier molecular flexibility index (Phi) is 3.40. The number of rotatable bonds is 3. The van der Waals surface area contributed by atoms with Crippen LogP contribution in [0, 0.1) is 11.3 Å². The van der Waals surface area contributed by atoms with Crippen LogP contribution in [0.4, 0.5) is 0 Å². The van der Waals surface area contributed by atoms with Crippen molar-refractivity contribution in [1.29, 1.82) is 0 Å². The first-order valence-electron chi connectivity index (χ1n) is 6.60. The first-order valence-corrected chi connectivity index (χ1v) is 6.60. The second kappa shape index (κ2) is 4.67. The van der Waals surface area contributed by atoms with Crippen molar-refractivity contribution >= 4 is 11.9 Å². The van der Waals surface area contributed by atoms with Gasteiger partial charge in [-0.15, -0.1) is 0 Å². The predicted molar refractivity (Wildman–Crippen MR) is 63.2 cm³/mol. The zero-order chi connectivity index (χ0) is 12.5. The van der Waals surface area contributed by atoms with Gasteiger partial charge in [0.15, 0.2) is 0 Å². The van der Waals surface area contributed by atoms with E-state index >= 15 is 0 Å². The largest absolute Gasteiger partial charge is 0.464 e. The highest BCUT2D eigenvalue weighted by atomic mass is 16.5. The van der Waals surface area contributed by atoms with Gasteiger partial charge in [-0.25, -0.2) is 4.79 Å². The van der Waals surface area contributed by atoms with E-state index in [2.05, 4.69) is 12.2 Å². The maximum atomic E-state index is 12.0. The van der Waals surface area contributed by atoms with Crippen LogP contribution in [0.25, 0.3) is 0 Å². The van der Waals surface area contributed by atoms with Gasteiger partial charge in [0.2, 0.25) is 5.91 Å². The van der Waals surface area contributed by atoms with E-state index in [4.69, 9.17) is 4.74 Å². The molecule has 96 valence electrons. The molecule has 1 heterocycles. The standard InChI is InChI=1S/C13H21NO3/c1-3-9-6-5-7-13(9)8-10(15)14-11(13)12(16)17-4-2/h9,11H,3-8H2,1-2H3,(H,14,15). The summed E-state index contributed by atoms with van der Waals surface area (Å²) in [6.45, 7) is 4.31. The van der Waals surface area contributed by atoms with Gasteiger partial charge in [0, 0.05) is 11.8 Å². The summed E-state index contributed by atoms with van der Waals surface area (Å²) in [5.74, 6) is 0.220. The number of esters is 1. The molecule has 0 bridgehead atoms. The van der Waals surface area contributed by atoms with E-state index in [0.717, 1.165) is 25.7 Å². The van der Waals surface area contributed by atoms with E-state index in [9.17, 15) is 9.59 Å². The third-order valence-corrected chi connectivity index (χ3v) is 4.39. The first-order chi connectivity index (χ1) is 8.14. The van der Waals surface area contributed by atoms with Gasteiger partial charge >= 0.3 is 5.97 Å². The molecular formula is C13H21NO3. The molecule has 1 spiro atoms. The molecule has 17 heavy (non-hydrogen) atoms.